The summed E-state index contributed by atoms with van der Waals surface area (Å²) in [6.45, 7) is 7.66. The summed E-state index contributed by atoms with van der Waals surface area (Å²) in [5.74, 6) is -0.637. The van der Waals surface area contributed by atoms with E-state index in [4.69, 9.17) is 5.14 Å². The van der Waals surface area contributed by atoms with Crippen LogP contribution in [0.4, 0.5) is 0 Å². The van der Waals surface area contributed by atoms with Gasteiger partial charge in [-0.15, -0.1) is 0 Å². The number of nitrogens with zero attached hydrogens (tertiary/aromatic N) is 1. The SMILES string of the molecule is CC(C)c1[nH]nc(C(=O)NC2CC2(C)C)c1S(N)(=O)=O. The minimum Gasteiger partial charge on any atom is -0.347 e. The van der Waals surface area contributed by atoms with Gasteiger partial charge < -0.3 is 5.32 Å². The molecule has 7 nitrogen and oxygen atoms in total. The van der Waals surface area contributed by atoms with Gasteiger partial charge in [0.25, 0.3) is 5.91 Å². The van der Waals surface area contributed by atoms with Crippen molar-refractivity contribution in [3.05, 3.63) is 11.4 Å². The fourth-order valence-electron chi connectivity index (χ4n) is 2.12. The lowest BCUT2D eigenvalue weighted by atomic mass is 10.1. The number of nitrogens with one attached hydrogen (secondary N) is 2. The average molecular weight is 300 g/mol. The number of carbonyl (C=O) groups excluding carboxylic acids is 1. The van der Waals surface area contributed by atoms with Gasteiger partial charge in [-0.05, 0) is 17.8 Å². The molecule has 2 rings (SSSR count). The summed E-state index contributed by atoms with van der Waals surface area (Å²) in [5.41, 5.74) is 0.251. The standard InChI is InChI=1S/C12H20N4O3S/c1-6(2)8-10(20(13,18)19)9(16-15-8)11(17)14-7-5-12(7,3)4/h6-7H,5H2,1-4H3,(H,14,17)(H,15,16)(H2,13,18,19). The number of sulfonamides is 1. The molecule has 1 fully saturated rings. The lowest BCUT2D eigenvalue weighted by molar-refractivity contribution is 0.0938. The van der Waals surface area contributed by atoms with Crippen LogP contribution in [0.5, 0.6) is 0 Å². The van der Waals surface area contributed by atoms with Gasteiger partial charge in [-0.2, -0.15) is 5.10 Å². The van der Waals surface area contributed by atoms with E-state index in [-0.39, 0.29) is 28.0 Å². The van der Waals surface area contributed by atoms with E-state index in [9.17, 15) is 13.2 Å². The van der Waals surface area contributed by atoms with Crippen LogP contribution in [0.3, 0.4) is 0 Å². The summed E-state index contributed by atoms with van der Waals surface area (Å²) < 4.78 is 23.4. The number of carbonyl (C=O) groups is 1. The molecule has 0 radical (unpaired) electrons. The first-order valence-electron chi connectivity index (χ1n) is 6.46. The first-order chi connectivity index (χ1) is 9.04. The zero-order valence-electron chi connectivity index (χ0n) is 12.0. The number of rotatable bonds is 4. The highest BCUT2D eigenvalue weighted by Crippen LogP contribution is 2.44. The van der Waals surface area contributed by atoms with Gasteiger partial charge >= 0.3 is 0 Å². The van der Waals surface area contributed by atoms with Crippen molar-refractivity contribution in [2.45, 2.75) is 51.0 Å². The molecule has 0 aliphatic heterocycles. The lowest BCUT2D eigenvalue weighted by Gasteiger charge is -2.08. The summed E-state index contributed by atoms with van der Waals surface area (Å²) >= 11 is 0. The van der Waals surface area contributed by atoms with Crippen LogP contribution in [0.15, 0.2) is 4.90 Å². The molecule has 112 valence electrons. The van der Waals surface area contributed by atoms with E-state index >= 15 is 0 Å². The Hall–Kier alpha value is -1.41. The van der Waals surface area contributed by atoms with E-state index in [0.29, 0.717) is 5.69 Å². The molecule has 1 aliphatic carbocycles. The van der Waals surface area contributed by atoms with Crippen LogP contribution in [-0.4, -0.2) is 30.6 Å². The Balaban J connectivity index is 2.35. The smallest absolute Gasteiger partial charge is 0.273 e. The van der Waals surface area contributed by atoms with Crippen LogP contribution in [0.25, 0.3) is 0 Å². The summed E-state index contributed by atoms with van der Waals surface area (Å²) in [7, 11) is -4.01. The Bertz CT molecular complexity index is 646. The molecule has 0 bridgehead atoms. The number of primary sulfonamides is 1. The van der Waals surface area contributed by atoms with Crippen molar-refractivity contribution >= 4 is 15.9 Å². The highest BCUT2D eigenvalue weighted by Gasteiger charge is 2.47. The summed E-state index contributed by atoms with van der Waals surface area (Å²) in [4.78, 5) is 12.0. The maximum Gasteiger partial charge on any atom is 0.273 e. The Kier molecular flexibility index (Phi) is 3.42. The van der Waals surface area contributed by atoms with Crippen LogP contribution in [0.1, 0.15) is 56.2 Å². The van der Waals surface area contributed by atoms with Crippen molar-refractivity contribution in [1.82, 2.24) is 15.5 Å². The third-order valence-corrected chi connectivity index (χ3v) is 4.63. The molecule has 0 aromatic carbocycles. The number of aromatic amines is 1. The van der Waals surface area contributed by atoms with E-state index in [0.717, 1.165) is 6.42 Å². The number of hydrogen-bond donors (Lipinski definition) is 3. The fraction of sp³-hybridized carbons (Fsp3) is 0.667. The molecule has 1 atom stereocenters. The number of hydrogen-bond acceptors (Lipinski definition) is 4. The molecule has 1 saturated carbocycles. The minimum atomic E-state index is -4.01. The number of amides is 1. The molecule has 1 aliphatic rings. The second-order valence-corrected chi connectivity index (χ2v) is 7.73. The predicted octanol–water partition coefficient (Wildman–Crippen LogP) is 0.709. The monoisotopic (exact) mass is 300 g/mol. The highest BCUT2D eigenvalue weighted by molar-refractivity contribution is 7.89. The molecular weight excluding hydrogens is 280 g/mol. The topological polar surface area (TPSA) is 118 Å². The number of aromatic nitrogens is 2. The van der Waals surface area contributed by atoms with Gasteiger partial charge in [0.2, 0.25) is 10.0 Å². The second-order valence-electron chi connectivity index (χ2n) is 6.23. The Morgan fingerprint density at radius 1 is 1.50 bits per heavy atom. The van der Waals surface area contributed by atoms with Crippen molar-refractivity contribution in [1.29, 1.82) is 0 Å². The quantitative estimate of drug-likeness (QED) is 0.758. The van der Waals surface area contributed by atoms with Crippen LogP contribution in [-0.2, 0) is 10.0 Å². The molecule has 1 aromatic rings. The largest absolute Gasteiger partial charge is 0.347 e. The third-order valence-electron chi connectivity index (χ3n) is 3.64. The number of nitrogens with two attached hydrogens (primary N) is 1. The normalized spacial score (nSPS) is 21.0. The Morgan fingerprint density at radius 2 is 2.05 bits per heavy atom. The van der Waals surface area contributed by atoms with Gasteiger partial charge in [0.15, 0.2) is 5.69 Å². The third kappa shape index (κ3) is 2.71. The van der Waals surface area contributed by atoms with E-state index in [2.05, 4.69) is 15.5 Å². The first kappa shape index (κ1) is 15.0. The van der Waals surface area contributed by atoms with Crippen molar-refractivity contribution < 1.29 is 13.2 Å². The van der Waals surface area contributed by atoms with Gasteiger partial charge in [0.05, 0.1) is 5.69 Å². The lowest BCUT2D eigenvalue weighted by Crippen LogP contribution is -2.30. The first-order valence-corrected chi connectivity index (χ1v) is 8.00. The van der Waals surface area contributed by atoms with Gasteiger partial charge in [-0.1, -0.05) is 27.7 Å². The van der Waals surface area contributed by atoms with E-state index in [1.807, 2.05) is 13.8 Å². The van der Waals surface area contributed by atoms with Crippen LogP contribution in [0, 0.1) is 5.41 Å². The van der Waals surface area contributed by atoms with Crippen molar-refractivity contribution in [2.75, 3.05) is 0 Å². The minimum absolute atomic E-state index is 0.0440. The van der Waals surface area contributed by atoms with E-state index < -0.39 is 15.9 Å². The van der Waals surface area contributed by atoms with E-state index in [1.165, 1.54) is 0 Å². The molecule has 0 spiro atoms. The number of H-pyrrole nitrogens is 1. The molecule has 1 aromatic heterocycles. The van der Waals surface area contributed by atoms with Crippen LogP contribution in [0.2, 0.25) is 0 Å². The van der Waals surface area contributed by atoms with Crippen LogP contribution < -0.4 is 10.5 Å². The van der Waals surface area contributed by atoms with Crippen molar-refractivity contribution in [3.63, 3.8) is 0 Å². The molecule has 1 amide bonds. The van der Waals surface area contributed by atoms with Crippen molar-refractivity contribution in [3.8, 4) is 0 Å². The second kappa shape index (κ2) is 4.56. The molecule has 8 heteroatoms. The molecule has 20 heavy (non-hydrogen) atoms. The fourth-order valence-corrected chi connectivity index (χ4v) is 3.11. The van der Waals surface area contributed by atoms with Gasteiger partial charge in [-0.3, -0.25) is 9.89 Å². The summed E-state index contributed by atoms with van der Waals surface area (Å²) in [5, 5.41) is 14.4. The average Bonchev–Trinajstić information content (AvgIpc) is 2.76. The Morgan fingerprint density at radius 3 is 2.45 bits per heavy atom. The molecule has 1 heterocycles. The Labute approximate surface area is 118 Å². The predicted molar refractivity (Wildman–Crippen MR) is 73.7 cm³/mol. The molecular formula is C12H20N4O3S. The van der Waals surface area contributed by atoms with Gasteiger partial charge in [-0.25, -0.2) is 13.6 Å². The maximum atomic E-state index is 12.2. The van der Waals surface area contributed by atoms with Crippen molar-refractivity contribution in [2.24, 2.45) is 10.6 Å². The van der Waals surface area contributed by atoms with Gasteiger partial charge in [0, 0.05) is 6.04 Å². The summed E-state index contributed by atoms with van der Waals surface area (Å²) in [6.07, 6.45) is 0.866. The zero-order chi connectivity index (χ0) is 15.3. The molecule has 0 saturated heterocycles. The van der Waals surface area contributed by atoms with Crippen LogP contribution >= 0.6 is 0 Å². The zero-order valence-corrected chi connectivity index (χ0v) is 12.8. The van der Waals surface area contributed by atoms with Gasteiger partial charge in [0.1, 0.15) is 4.90 Å². The summed E-state index contributed by atoms with van der Waals surface area (Å²) in [6, 6.07) is 0.0440. The maximum absolute atomic E-state index is 12.2. The molecule has 4 N–H and O–H groups in total. The van der Waals surface area contributed by atoms with E-state index in [1.54, 1.807) is 13.8 Å². The molecule has 1 unspecified atom stereocenters. The highest BCUT2D eigenvalue weighted by atomic mass is 32.2.